The van der Waals surface area contributed by atoms with Crippen LogP contribution in [0.5, 0.6) is 0 Å². The Hall–Kier alpha value is -1.14. The molecule has 1 aliphatic rings. The number of nitrogens with two attached hydrogens (primary N) is 1. The summed E-state index contributed by atoms with van der Waals surface area (Å²) in [6.45, 7) is 5.41. The molecule has 3 rings (SSSR count). The van der Waals surface area contributed by atoms with Crippen molar-refractivity contribution in [2.75, 3.05) is 31.1 Å². The fourth-order valence-corrected chi connectivity index (χ4v) is 3.15. The van der Waals surface area contributed by atoms with E-state index < -0.39 is 0 Å². The molecule has 1 fully saturated rings. The molecular formula is C18H28Cl2N4O. The molecule has 0 saturated carbocycles. The fraction of sp³-hybridized carbons (Fsp3) is 0.556. The summed E-state index contributed by atoms with van der Waals surface area (Å²) in [4.78, 5) is 11.8. The zero-order valence-corrected chi connectivity index (χ0v) is 16.3. The quantitative estimate of drug-likeness (QED) is 0.824. The van der Waals surface area contributed by atoms with Crippen LogP contribution in [0.1, 0.15) is 32.0 Å². The number of hydrogen-bond acceptors (Lipinski definition) is 5. The van der Waals surface area contributed by atoms with Crippen LogP contribution in [0.2, 0.25) is 0 Å². The van der Waals surface area contributed by atoms with E-state index in [2.05, 4.69) is 22.9 Å². The van der Waals surface area contributed by atoms with E-state index in [0.717, 1.165) is 48.7 Å². The van der Waals surface area contributed by atoms with Crippen molar-refractivity contribution in [3.05, 3.63) is 30.1 Å². The van der Waals surface area contributed by atoms with Crippen LogP contribution in [-0.4, -0.2) is 42.3 Å². The lowest BCUT2D eigenvalue weighted by Gasteiger charge is -2.30. The number of hydrogen-bond donors (Lipinski definition) is 1. The van der Waals surface area contributed by atoms with Gasteiger partial charge in [-0.15, -0.1) is 24.8 Å². The smallest absolute Gasteiger partial charge is 0.140 e. The van der Waals surface area contributed by atoms with Gasteiger partial charge in [0.05, 0.1) is 11.6 Å². The molecule has 25 heavy (non-hydrogen) atoms. The van der Waals surface area contributed by atoms with Crippen LogP contribution >= 0.6 is 24.8 Å². The van der Waals surface area contributed by atoms with Crippen molar-refractivity contribution in [2.24, 2.45) is 5.73 Å². The molecule has 0 aliphatic carbocycles. The summed E-state index contributed by atoms with van der Waals surface area (Å²) in [5, 5.41) is 1.10. The second kappa shape index (κ2) is 10.8. The van der Waals surface area contributed by atoms with Crippen molar-refractivity contribution in [1.82, 2.24) is 9.97 Å². The van der Waals surface area contributed by atoms with E-state index in [9.17, 15) is 0 Å². The summed E-state index contributed by atoms with van der Waals surface area (Å²) >= 11 is 0. The third kappa shape index (κ3) is 5.42. The van der Waals surface area contributed by atoms with Gasteiger partial charge in [0.2, 0.25) is 0 Å². The molecule has 1 unspecified atom stereocenters. The van der Waals surface area contributed by atoms with Gasteiger partial charge in [0.1, 0.15) is 11.6 Å². The number of fused-ring (bicyclic) bond motifs is 1. The van der Waals surface area contributed by atoms with Crippen molar-refractivity contribution in [1.29, 1.82) is 0 Å². The molecule has 2 aromatic rings. The number of halogens is 2. The van der Waals surface area contributed by atoms with Crippen molar-refractivity contribution in [3.8, 4) is 0 Å². The normalized spacial score (nSPS) is 16.8. The van der Waals surface area contributed by atoms with Crippen LogP contribution in [0.25, 0.3) is 10.9 Å². The highest BCUT2D eigenvalue weighted by atomic mass is 35.5. The third-order valence-electron chi connectivity index (χ3n) is 4.38. The molecule has 1 atom stereocenters. The summed E-state index contributed by atoms with van der Waals surface area (Å²) < 4.78 is 5.92. The van der Waals surface area contributed by atoms with Crippen LogP contribution in [0.15, 0.2) is 24.3 Å². The van der Waals surface area contributed by atoms with Crippen LogP contribution in [0, 0.1) is 0 Å². The van der Waals surface area contributed by atoms with Crippen molar-refractivity contribution in [3.63, 3.8) is 0 Å². The Morgan fingerprint density at radius 2 is 2.00 bits per heavy atom. The molecule has 7 heteroatoms. The first kappa shape index (κ1) is 21.9. The van der Waals surface area contributed by atoms with Crippen molar-refractivity contribution in [2.45, 2.75) is 38.7 Å². The maximum Gasteiger partial charge on any atom is 0.140 e. The van der Waals surface area contributed by atoms with Gasteiger partial charge in [-0.1, -0.05) is 12.1 Å². The standard InChI is InChI=1S/C18H26N4O.2ClH/c1-2-22(13-14-7-5-6-12-23-14)18-15-8-3-4-9-16(15)20-17(21-18)10-11-19;;/h3-4,8-9,14H,2,5-7,10-13,19H2,1H3;2*1H. The number of benzene rings is 1. The molecule has 0 spiro atoms. The number of anilines is 1. The summed E-state index contributed by atoms with van der Waals surface area (Å²) in [5.74, 6) is 1.83. The highest BCUT2D eigenvalue weighted by Gasteiger charge is 2.20. The number of para-hydroxylation sites is 1. The lowest BCUT2D eigenvalue weighted by Crippen LogP contribution is -2.36. The van der Waals surface area contributed by atoms with E-state index in [0.29, 0.717) is 19.1 Å². The maximum absolute atomic E-state index is 5.92. The summed E-state index contributed by atoms with van der Waals surface area (Å²) in [6, 6.07) is 8.21. The molecule has 2 heterocycles. The topological polar surface area (TPSA) is 64.3 Å². The molecule has 0 bridgehead atoms. The van der Waals surface area contributed by atoms with Crippen LogP contribution in [0.3, 0.4) is 0 Å². The molecule has 1 saturated heterocycles. The number of likely N-dealkylation sites (N-methyl/N-ethyl adjacent to an activating group) is 1. The minimum Gasteiger partial charge on any atom is -0.376 e. The Morgan fingerprint density at radius 3 is 2.68 bits per heavy atom. The van der Waals surface area contributed by atoms with Gasteiger partial charge in [0, 0.05) is 31.5 Å². The summed E-state index contributed by atoms with van der Waals surface area (Å²) in [5.41, 5.74) is 6.69. The SMILES string of the molecule is CCN(CC1CCCCO1)c1nc(CCN)nc2ccccc12.Cl.Cl. The second-order valence-electron chi connectivity index (χ2n) is 6.05. The zero-order chi connectivity index (χ0) is 16.1. The van der Waals surface area contributed by atoms with Gasteiger partial charge in [0.15, 0.2) is 0 Å². The lowest BCUT2D eigenvalue weighted by atomic mass is 10.1. The number of nitrogens with zero attached hydrogens (tertiary/aromatic N) is 3. The molecular weight excluding hydrogens is 359 g/mol. The zero-order valence-electron chi connectivity index (χ0n) is 14.7. The van der Waals surface area contributed by atoms with Crippen LogP contribution in [-0.2, 0) is 11.2 Å². The summed E-state index contributed by atoms with van der Waals surface area (Å²) in [7, 11) is 0. The van der Waals surface area contributed by atoms with E-state index in [1.54, 1.807) is 0 Å². The second-order valence-corrected chi connectivity index (χ2v) is 6.05. The molecule has 140 valence electrons. The highest BCUT2D eigenvalue weighted by Crippen LogP contribution is 2.25. The molecule has 1 aliphatic heterocycles. The van der Waals surface area contributed by atoms with Crippen LogP contribution < -0.4 is 10.6 Å². The molecule has 1 aromatic heterocycles. The first-order valence-corrected chi connectivity index (χ1v) is 8.64. The largest absolute Gasteiger partial charge is 0.376 e. The van der Waals surface area contributed by atoms with E-state index in [1.165, 1.54) is 12.8 Å². The first-order chi connectivity index (χ1) is 11.3. The van der Waals surface area contributed by atoms with E-state index in [-0.39, 0.29) is 24.8 Å². The van der Waals surface area contributed by atoms with E-state index in [4.69, 9.17) is 15.5 Å². The molecule has 2 N–H and O–H groups in total. The van der Waals surface area contributed by atoms with Gasteiger partial charge in [-0.05, 0) is 44.9 Å². The first-order valence-electron chi connectivity index (χ1n) is 8.64. The molecule has 0 amide bonds. The molecule has 5 nitrogen and oxygen atoms in total. The van der Waals surface area contributed by atoms with Crippen molar-refractivity contribution >= 4 is 41.5 Å². The van der Waals surface area contributed by atoms with Crippen molar-refractivity contribution < 1.29 is 4.74 Å². The fourth-order valence-electron chi connectivity index (χ4n) is 3.15. The van der Waals surface area contributed by atoms with Crippen LogP contribution in [0.4, 0.5) is 5.82 Å². The predicted molar refractivity (Wildman–Crippen MR) is 108 cm³/mol. The number of aromatic nitrogens is 2. The molecule has 0 radical (unpaired) electrons. The van der Waals surface area contributed by atoms with E-state index >= 15 is 0 Å². The maximum atomic E-state index is 5.92. The highest BCUT2D eigenvalue weighted by molar-refractivity contribution is 5.89. The van der Waals surface area contributed by atoms with Gasteiger partial charge >= 0.3 is 0 Å². The lowest BCUT2D eigenvalue weighted by molar-refractivity contribution is 0.0210. The van der Waals surface area contributed by atoms with Gasteiger partial charge in [-0.25, -0.2) is 9.97 Å². The van der Waals surface area contributed by atoms with Gasteiger partial charge in [0.25, 0.3) is 0 Å². The average molecular weight is 387 g/mol. The number of ether oxygens (including phenoxy) is 1. The third-order valence-corrected chi connectivity index (χ3v) is 4.38. The Balaban J connectivity index is 0.00000156. The number of rotatable bonds is 6. The monoisotopic (exact) mass is 386 g/mol. The van der Waals surface area contributed by atoms with Gasteiger partial charge in [-0.3, -0.25) is 0 Å². The Bertz CT molecular complexity index is 650. The van der Waals surface area contributed by atoms with E-state index in [1.807, 2.05) is 18.2 Å². The minimum absolute atomic E-state index is 0. The van der Waals surface area contributed by atoms with Gasteiger partial charge < -0.3 is 15.4 Å². The minimum atomic E-state index is 0. The Labute approximate surface area is 162 Å². The Morgan fingerprint density at radius 1 is 1.20 bits per heavy atom. The predicted octanol–water partition coefficient (Wildman–Crippen LogP) is 3.37. The average Bonchev–Trinajstić information content (AvgIpc) is 2.60. The summed E-state index contributed by atoms with van der Waals surface area (Å²) in [6.07, 6.45) is 4.57. The Kier molecular flexibility index (Phi) is 9.43. The van der Waals surface area contributed by atoms with Gasteiger partial charge in [-0.2, -0.15) is 0 Å². The molecule has 1 aromatic carbocycles.